The molecule has 2 aliphatic heterocycles. The Kier molecular flexibility index (Phi) is 8.83. The third kappa shape index (κ3) is 6.35. The van der Waals surface area contributed by atoms with Gasteiger partial charge in [0.2, 0.25) is 0 Å². The molecule has 6 rings (SSSR count). The lowest BCUT2D eigenvalue weighted by Crippen LogP contribution is -2.34. The zero-order valence-electron chi connectivity index (χ0n) is 23.4. The van der Waals surface area contributed by atoms with E-state index >= 15 is 4.39 Å². The summed E-state index contributed by atoms with van der Waals surface area (Å²) in [5.74, 6) is -0.849. The summed E-state index contributed by atoms with van der Waals surface area (Å²) in [7, 11) is -3.64. The molecule has 2 saturated heterocycles. The van der Waals surface area contributed by atoms with Crippen molar-refractivity contribution < 1.29 is 55.8 Å². The van der Waals surface area contributed by atoms with Gasteiger partial charge in [-0.3, -0.25) is 22.9 Å². The molecule has 0 aliphatic carbocycles. The SMILES string of the molecule is Cn1cnc2c(c(F)cn2[C@H]2C[C@H](O)[C@@H](COP(=O)(S)OC3[C@@H](F)[C@H](n4cnc5c(N)ncnc54)O[C@@H]3COP(=O)(O)O)O2)c1=O. The highest BCUT2D eigenvalue weighted by molar-refractivity contribution is 8.44. The lowest BCUT2D eigenvalue weighted by atomic mass is 10.1. The highest BCUT2D eigenvalue weighted by atomic mass is 32.7. The van der Waals surface area contributed by atoms with Crippen LogP contribution in [0, 0.1) is 5.82 Å². The summed E-state index contributed by atoms with van der Waals surface area (Å²) in [6.45, 7) is -6.01. The first-order chi connectivity index (χ1) is 21.6. The summed E-state index contributed by atoms with van der Waals surface area (Å²) in [5, 5.41) is 10.3. The van der Waals surface area contributed by atoms with E-state index < -0.39 is 82.3 Å². The zero-order chi connectivity index (χ0) is 33.1. The minimum Gasteiger partial charge on any atom is -0.390 e. The number of imidazole rings is 1. The van der Waals surface area contributed by atoms with Crippen molar-refractivity contribution in [2.75, 3.05) is 18.9 Å². The van der Waals surface area contributed by atoms with E-state index in [1.54, 1.807) is 0 Å². The molecule has 0 aromatic carbocycles. The first-order valence-corrected chi connectivity index (χ1v) is 17.5. The number of phosphoric ester groups is 1. The number of aliphatic hydroxyl groups excluding tert-OH is 1. The summed E-state index contributed by atoms with van der Waals surface area (Å²) < 4.78 is 85.2. The van der Waals surface area contributed by atoms with Crippen LogP contribution in [-0.4, -0.2) is 92.3 Å². The van der Waals surface area contributed by atoms with Crippen molar-refractivity contribution in [2.45, 2.75) is 49.5 Å². The number of thiol groups is 1. The van der Waals surface area contributed by atoms with Crippen molar-refractivity contribution in [3.8, 4) is 0 Å². The van der Waals surface area contributed by atoms with Crippen LogP contribution in [0.4, 0.5) is 14.6 Å². The van der Waals surface area contributed by atoms with Crippen LogP contribution in [0.5, 0.6) is 0 Å². The molecule has 4 aromatic heterocycles. The number of hydrogen-bond acceptors (Lipinski definition) is 14. The van der Waals surface area contributed by atoms with Crippen LogP contribution in [0.1, 0.15) is 18.9 Å². The number of ether oxygens (including phenoxy) is 2. The predicted octanol–water partition coefficient (Wildman–Crippen LogP) is 0.729. The van der Waals surface area contributed by atoms with Crippen molar-refractivity contribution in [1.29, 1.82) is 0 Å². The Labute approximate surface area is 261 Å². The fourth-order valence-corrected chi connectivity index (χ4v) is 7.02. The van der Waals surface area contributed by atoms with Gasteiger partial charge >= 0.3 is 14.6 Å². The van der Waals surface area contributed by atoms with E-state index in [4.69, 9.17) is 24.3 Å². The number of phosphoric acid groups is 1. The molecule has 250 valence electrons. The first-order valence-electron chi connectivity index (χ1n) is 13.3. The van der Waals surface area contributed by atoms with Crippen molar-refractivity contribution in [2.24, 2.45) is 7.05 Å². The van der Waals surface area contributed by atoms with Gasteiger partial charge < -0.3 is 39.2 Å². The quantitative estimate of drug-likeness (QED) is 0.112. The van der Waals surface area contributed by atoms with Crippen LogP contribution in [0.2, 0.25) is 0 Å². The third-order valence-corrected chi connectivity index (χ3v) is 9.45. The number of aromatic nitrogens is 7. The Morgan fingerprint density at radius 2 is 1.83 bits per heavy atom. The monoisotopic (exact) mass is 710 g/mol. The number of fused-ring (bicyclic) bond motifs is 2. The number of rotatable bonds is 10. The summed E-state index contributed by atoms with van der Waals surface area (Å²) in [6.07, 6.45) is -6.12. The normalized spacial score (nSPS) is 28.4. The van der Waals surface area contributed by atoms with Gasteiger partial charge in [-0.15, -0.1) is 0 Å². The lowest BCUT2D eigenvalue weighted by molar-refractivity contribution is -0.0486. The summed E-state index contributed by atoms with van der Waals surface area (Å²) in [5.41, 5.74) is 5.33. The van der Waals surface area contributed by atoms with Crippen LogP contribution in [-0.2, 0) is 39.2 Å². The van der Waals surface area contributed by atoms with E-state index in [0.29, 0.717) is 0 Å². The number of aliphatic hydroxyl groups is 1. The molecule has 0 saturated carbocycles. The molecular formula is C22H26F2N8O11P2S. The Morgan fingerprint density at radius 1 is 1.09 bits per heavy atom. The molecule has 0 bridgehead atoms. The minimum atomic E-state index is -5.05. The maximum absolute atomic E-state index is 15.9. The summed E-state index contributed by atoms with van der Waals surface area (Å²) in [4.78, 5) is 46.7. The molecule has 46 heavy (non-hydrogen) atoms. The Morgan fingerprint density at radius 3 is 2.57 bits per heavy atom. The van der Waals surface area contributed by atoms with Crippen molar-refractivity contribution in [3.63, 3.8) is 0 Å². The topological polar surface area (TPSA) is 250 Å². The highest BCUT2D eigenvalue weighted by Crippen LogP contribution is 2.57. The second kappa shape index (κ2) is 12.3. The molecular weight excluding hydrogens is 684 g/mol. The number of nitrogen functional groups attached to an aromatic ring is 1. The molecule has 2 aliphatic rings. The molecule has 8 atom stereocenters. The average Bonchev–Trinajstić information content (AvgIpc) is 3.73. The molecule has 2 unspecified atom stereocenters. The molecule has 6 heterocycles. The molecule has 24 heteroatoms. The van der Waals surface area contributed by atoms with Crippen LogP contribution < -0.4 is 11.3 Å². The van der Waals surface area contributed by atoms with Crippen LogP contribution in [0.15, 0.2) is 30.0 Å². The number of aryl methyl sites for hydroxylation is 1. The number of nitrogens with two attached hydrogens (primary N) is 1. The molecule has 2 fully saturated rings. The zero-order valence-corrected chi connectivity index (χ0v) is 26.1. The smallest absolute Gasteiger partial charge is 0.390 e. The molecule has 0 radical (unpaired) electrons. The molecule has 0 amide bonds. The van der Waals surface area contributed by atoms with Gasteiger partial charge in [-0.05, 0) is 0 Å². The van der Waals surface area contributed by atoms with Crippen LogP contribution >= 0.6 is 26.9 Å². The molecule has 5 N–H and O–H groups in total. The van der Waals surface area contributed by atoms with E-state index in [9.17, 15) is 33.2 Å². The fraction of sp³-hybridized carbons (Fsp3) is 0.500. The second-order valence-corrected chi connectivity index (χ2v) is 14.5. The highest BCUT2D eigenvalue weighted by Gasteiger charge is 2.51. The van der Waals surface area contributed by atoms with E-state index in [-0.39, 0.29) is 34.4 Å². The number of hydrogen-bond donors (Lipinski definition) is 5. The second-order valence-electron chi connectivity index (χ2n) is 10.4. The minimum absolute atomic E-state index is 0.00577. The third-order valence-electron chi connectivity index (χ3n) is 7.35. The standard InChI is InChI=1S/C22H26F2N8O11P2S/c1-30-7-29-19-14(21(30)34)9(23)3-31(19)13-2-10(33)11(41-13)4-40-45(38,46)43-17-12(5-39-44(35,36)37)42-22(15(17)24)32-8-28-16-18(25)26-6-27-20(16)32/h3,6-8,10-13,15,17,22,33H,2,4-5H2,1H3,(H,38,46)(H2,25,26,27)(H2,35,36,37)/t10-,11+,12+,13+,15+,17?,22+,45?/m0/s1. The van der Waals surface area contributed by atoms with Gasteiger partial charge in [-0.25, -0.2) is 37.8 Å². The number of nitrogens with zero attached hydrogens (tertiary/aromatic N) is 7. The number of anilines is 1. The van der Waals surface area contributed by atoms with Gasteiger partial charge in [0.05, 0.1) is 32.0 Å². The average molecular weight is 711 g/mol. The maximum atomic E-state index is 15.9. The first kappa shape index (κ1) is 33.0. The summed E-state index contributed by atoms with van der Waals surface area (Å²) in [6, 6.07) is 0. The van der Waals surface area contributed by atoms with Gasteiger partial charge in [0, 0.05) is 19.7 Å². The largest absolute Gasteiger partial charge is 0.469 e. The Bertz CT molecular complexity index is 1940. The Balaban J connectivity index is 1.16. The Hall–Kier alpha value is -2.88. The van der Waals surface area contributed by atoms with Gasteiger partial charge in [-0.1, -0.05) is 12.2 Å². The van der Waals surface area contributed by atoms with E-state index in [2.05, 4.69) is 36.7 Å². The van der Waals surface area contributed by atoms with Crippen molar-refractivity contribution in [1.82, 2.24) is 33.6 Å². The van der Waals surface area contributed by atoms with E-state index in [1.165, 1.54) is 17.9 Å². The predicted molar refractivity (Wildman–Crippen MR) is 153 cm³/mol. The van der Waals surface area contributed by atoms with Gasteiger partial charge in [0.15, 0.2) is 35.3 Å². The van der Waals surface area contributed by atoms with Crippen molar-refractivity contribution >= 4 is 54.9 Å². The van der Waals surface area contributed by atoms with E-state index in [1.807, 2.05) is 0 Å². The van der Waals surface area contributed by atoms with Gasteiger partial charge in [-0.2, -0.15) is 0 Å². The fourth-order valence-electron chi connectivity index (χ4n) is 5.19. The van der Waals surface area contributed by atoms with Gasteiger partial charge in [0.1, 0.15) is 41.8 Å². The van der Waals surface area contributed by atoms with Crippen LogP contribution in [0.25, 0.3) is 22.2 Å². The lowest BCUT2D eigenvalue weighted by Gasteiger charge is -2.24. The number of halogens is 2. The van der Waals surface area contributed by atoms with Crippen molar-refractivity contribution in [3.05, 3.63) is 41.3 Å². The number of alkyl halides is 1. The van der Waals surface area contributed by atoms with Crippen LogP contribution in [0.3, 0.4) is 0 Å². The molecule has 19 nitrogen and oxygen atoms in total. The van der Waals surface area contributed by atoms with E-state index in [0.717, 1.165) is 28.0 Å². The van der Waals surface area contributed by atoms with Gasteiger partial charge in [0.25, 0.3) is 5.56 Å². The molecule has 4 aromatic rings. The summed E-state index contributed by atoms with van der Waals surface area (Å²) >= 11 is 3.91. The molecule has 0 spiro atoms. The maximum Gasteiger partial charge on any atom is 0.469 e.